The number of nitrogens with one attached hydrogen (secondary N) is 3. The van der Waals surface area contributed by atoms with Crippen LogP contribution < -0.4 is 16.0 Å². The van der Waals surface area contributed by atoms with E-state index < -0.39 is 11.7 Å². The van der Waals surface area contributed by atoms with Gasteiger partial charge in [0, 0.05) is 32.9 Å². The van der Waals surface area contributed by atoms with Crippen LogP contribution in [0.3, 0.4) is 0 Å². The molecule has 0 unspecified atom stereocenters. The number of benzene rings is 1. The average Bonchev–Trinajstić information content (AvgIpc) is 2.62. The lowest BCUT2D eigenvalue weighted by molar-refractivity contribution is -0.127. The van der Waals surface area contributed by atoms with Gasteiger partial charge in [0.15, 0.2) is 5.96 Å². The van der Waals surface area contributed by atoms with Gasteiger partial charge in [0.1, 0.15) is 12.1 Å². The highest BCUT2D eigenvalue weighted by atomic mass is 127. The van der Waals surface area contributed by atoms with E-state index in [1.807, 2.05) is 45.0 Å². The molecule has 0 fully saturated rings. The molecule has 31 heavy (non-hydrogen) atoms. The molecule has 0 aliphatic rings. The third-order valence-corrected chi connectivity index (χ3v) is 3.85. The zero-order valence-electron chi connectivity index (χ0n) is 19.7. The molecule has 3 N–H and O–H groups in total. The first-order valence-corrected chi connectivity index (χ1v) is 10.3. The van der Waals surface area contributed by atoms with Crippen LogP contribution in [0.5, 0.6) is 0 Å². The fourth-order valence-electron chi connectivity index (χ4n) is 2.26. The van der Waals surface area contributed by atoms with Gasteiger partial charge in [-0.05, 0) is 50.8 Å². The van der Waals surface area contributed by atoms with Gasteiger partial charge in [-0.3, -0.25) is 10.1 Å². The number of rotatable bonds is 8. The second-order valence-electron chi connectivity index (χ2n) is 8.73. The summed E-state index contributed by atoms with van der Waals surface area (Å²) in [5, 5.41) is 9.25. The maximum Gasteiger partial charge on any atom is 0.412 e. The number of nitrogens with zero attached hydrogens (tertiary/aromatic N) is 2. The highest BCUT2D eigenvalue weighted by Crippen LogP contribution is 2.13. The molecule has 0 radical (unpaired) electrons. The number of amides is 2. The first kappa shape index (κ1) is 29.0. The summed E-state index contributed by atoms with van der Waals surface area (Å²) in [7, 11) is 3.43. The fourth-order valence-corrected chi connectivity index (χ4v) is 2.26. The molecule has 0 saturated carbocycles. The second kappa shape index (κ2) is 14.1. The Morgan fingerprint density at radius 1 is 1.10 bits per heavy atom. The molecular weight excluding hydrogens is 509 g/mol. The minimum absolute atomic E-state index is 0. The summed E-state index contributed by atoms with van der Waals surface area (Å²) in [5.41, 5.74) is 1.27. The van der Waals surface area contributed by atoms with Gasteiger partial charge in [0.25, 0.3) is 0 Å². The van der Waals surface area contributed by atoms with Crippen LogP contribution in [0.1, 0.15) is 40.2 Å². The topological polar surface area (TPSA) is 95.1 Å². The van der Waals surface area contributed by atoms with Crippen molar-refractivity contribution >= 4 is 47.6 Å². The highest BCUT2D eigenvalue weighted by molar-refractivity contribution is 14.0. The monoisotopic (exact) mass is 547 g/mol. The molecular formula is C22H38IN5O3. The highest BCUT2D eigenvalue weighted by Gasteiger charge is 2.16. The van der Waals surface area contributed by atoms with Crippen LogP contribution in [0.25, 0.3) is 0 Å². The summed E-state index contributed by atoms with van der Waals surface area (Å²) in [6, 6.07) is 7.62. The van der Waals surface area contributed by atoms with Crippen LogP contribution in [-0.4, -0.2) is 62.2 Å². The number of carbonyl (C=O) groups excluding carboxylic acids is 2. The fraction of sp³-hybridized carbons (Fsp3) is 0.591. The maximum atomic E-state index is 11.8. The smallest absolute Gasteiger partial charge is 0.412 e. The van der Waals surface area contributed by atoms with Gasteiger partial charge in [-0.25, -0.2) is 9.79 Å². The molecule has 0 heterocycles. The number of hydrogen-bond acceptors (Lipinski definition) is 4. The minimum atomic E-state index is -0.532. The number of carbonyl (C=O) groups is 2. The maximum absolute atomic E-state index is 11.8. The summed E-state index contributed by atoms with van der Waals surface area (Å²) in [6.07, 6.45) is 0.303. The number of ether oxygens (including phenoxy) is 1. The number of likely N-dealkylation sites (N-methyl/N-ethyl adjacent to an activating group) is 1. The normalized spacial score (nSPS) is 11.4. The Labute approximate surface area is 203 Å². The first-order chi connectivity index (χ1) is 14.0. The standard InChI is InChI=1S/C22H37N5O3.HI/c1-16(2)14-24-20(25-15-19(28)27(6)7)23-13-12-17-8-10-18(11-9-17)26-21(29)30-22(3,4)5;/h8-11,16H,12-15H2,1-7H3,(H,26,29)(H2,23,24,25);1H. The molecule has 9 heteroatoms. The quantitative estimate of drug-likeness (QED) is 0.263. The van der Waals surface area contributed by atoms with E-state index in [0.717, 1.165) is 18.5 Å². The molecule has 176 valence electrons. The molecule has 0 aliphatic carbocycles. The van der Waals surface area contributed by atoms with Crippen LogP contribution in [0.4, 0.5) is 10.5 Å². The van der Waals surface area contributed by atoms with E-state index in [1.54, 1.807) is 14.1 Å². The van der Waals surface area contributed by atoms with Gasteiger partial charge < -0.3 is 20.3 Å². The molecule has 8 nitrogen and oxygen atoms in total. The van der Waals surface area contributed by atoms with Gasteiger partial charge in [-0.2, -0.15) is 0 Å². The number of hydrogen-bond donors (Lipinski definition) is 3. The summed E-state index contributed by atoms with van der Waals surface area (Å²) in [4.78, 5) is 29.5. The van der Waals surface area contributed by atoms with Gasteiger partial charge in [0.2, 0.25) is 5.91 Å². The van der Waals surface area contributed by atoms with E-state index in [-0.39, 0.29) is 36.4 Å². The average molecular weight is 547 g/mol. The molecule has 0 saturated heterocycles. The van der Waals surface area contributed by atoms with Crippen molar-refractivity contribution < 1.29 is 14.3 Å². The lowest BCUT2D eigenvalue weighted by Gasteiger charge is -2.19. The molecule has 1 rings (SSSR count). The second-order valence-corrected chi connectivity index (χ2v) is 8.73. The number of halogens is 1. The Morgan fingerprint density at radius 3 is 2.23 bits per heavy atom. The van der Waals surface area contributed by atoms with E-state index in [2.05, 4.69) is 34.8 Å². The molecule has 1 aromatic carbocycles. The molecule has 0 spiro atoms. The SMILES string of the molecule is CC(C)CNC(=NCC(=O)N(C)C)NCCc1ccc(NC(=O)OC(C)(C)C)cc1.I. The van der Waals surface area contributed by atoms with E-state index in [1.165, 1.54) is 4.90 Å². The summed E-state index contributed by atoms with van der Waals surface area (Å²) >= 11 is 0. The van der Waals surface area contributed by atoms with Gasteiger partial charge >= 0.3 is 6.09 Å². The van der Waals surface area contributed by atoms with E-state index in [4.69, 9.17) is 4.74 Å². The zero-order valence-corrected chi connectivity index (χ0v) is 22.1. The zero-order chi connectivity index (χ0) is 22.7. The molecule has 0 atom stereocenters. The molecule has 0 bridgehead atoms. The van der Waals surface area contributed by atoms with Crippen LogP contribution in [0, 0.1) is 5.92 Å². The molecule has 0 aliphatic heterocycles. The third kappa shape index (κ3) is 13.8. The molecule has 2 amide bonds. The molecule has 1 aromatic rings. The number of anilines is 1. The van der Waals surface area contributed by atoms with Gasteiger partial charge in [-0.15, -0.1) is 24.0 Å². The predicted molar refractivity (Wildman–Crippen MR) is 137 cm³/mol. The lowest BCUT2D eigenvalue weighted by Crippen LogP contribution is -2.41. The largest absolute Gasteiger partial charge is 0.444 e. The number of guanidine groups is 1. The lowest BCUT2D eigenvalue weighted by atomic mass is 10.1. The van der Waals surface area contributed by atoms with E-state index in [0.29, 0.717) is 24.1 Å². The first-order valence-electron chi connectivity index (χ1n) is 10.3. The van der Waals surface area contributed by atoms with Crippen molar-refractivity contribution in [3.63, 3.8) is 0 Å². The van der Waals surface area contributed by atoms with Crippen molar-refractivity contribution in [1.29, 1.82) is 0 Å². The van der Waals surface area contributed by atoms with Crippen LogP contribution in [0.2, 0.25) is 0 Å². The summed E-state index contributed by atoms with van der Waals surface area (Å²) in [6.45, 7) is 11.2. The van der Waals surface area contributed by atoms with Crippen LogP contribution in [-0.2, 0) is 16.0 Å². The summed E-state index contributed by atoms with van der Waals surface area (Å²) < 4.78 is 5.25. The van der Waals surface area contributed by atoms with Crippen molar-refractivity contribution in [2.45, 2.75) is 46.6 Å². The van der Waals surface area contributed by atoms with Crippen molar-refractivity contribution in [3.05, 3.63) is 29.8 Å². The summed E-state index contributed by atoms with van der Waals surface area (Å²) in [5.74, 6) is 1.04. The minimum Gasteiger partial charge on any atom is -0.444 e. The predicted octanol–water partition coefficient (Wildman–Crippen LogP) is 3.47. The van der Waals surface area contributed by atoms with Crippen molar-refractivity contribution in [1.82, 2.24) is 15.5 Å². The van der Waals surface area contributed by atoms with Gasteiger partial charge in [0.05, 0.1) is 0 Å². The van der Waals surface area contributed by atoms with Gasteiger partial charge in [-0.1, -0.05) is 26.0 Å². The van der Waals surface area contributed by atoms with Crippen molar-refractivity contribution in [2.24, 2.45) is 10.9 Å². The van der Waals surface area contributed by atoms with Crippen molar-refractivity contribution in [2.75, 3.05) is 39.0 Å². The number of aliphatic imine (C=N–C) groups is 1. The Kier molecular flexibility index (Phi) is 13.2. The Hall–Kier alpha value is -2.04. The third-order valence-electron chi connectivity index (χ3n) is 3.85. The van der Waals surface area contributed by atoms with Crippen LogP contribution >= 0.6 is 24.0 Å². The Morgan fingerprint density at radius 2 is 1.71 bits per heavy atom. The Bertz CT molecular complexity index is 713. The van der Waals surface area contributed by atoms with E-state index >= 15 is 0 Å². The molecule has 0 aromatic heterocycles. The van der Waals surface area contributed by atoms with Crippen LogP contribution in [0.15, 0.2) is 29.3 Å². The Balaban J connectivity index is 0.00000900. The van der Waals surface area contributed by atoms with Crippen molar-refractivity contribution in [3.8, 4) is 0 Å². The van der Waals surface area contributed by atoms with E-state index in [9.17, 15) is 9.59 Å².